The van der Waals surface area contributed by atoms with Gasteiger partial charge in [-0.2, -0.15) is 0 Å². The minimum Gasteiger partial charge on any atom is -0.369 e. The molecule has 3 N–H and O–H groups in total. The Hall–Kier alpha value is -2.46. The molecule has 1 saturated heterocycles. The molecular weight excluding hydrogens is 362 g/mol. The molecule has 130 valence electrons. The first kappa shape index (κ1) is 17.4. The molecule has 1 aliphatic rings. The number of para-hydroxylation sites is 1. The van der Waals surface area contributed by atoms with Gasteiger partial charge < -0.3 is 16.0 Å². The maximum absolute atomic E-state index is 12.4. The molecule has 3 rings (SSSR count). The molecule has 1 aliphatic heterocycles. The molecule has 1 fully saturated rings. The van der Waals surface area contributed by atoms with Crippen LogP contribution in [0.4, 0.5) is 10.8 Å². The molecule has 0 aliphatic carbocycles. The van der Waals surface area contributed by atoms with Crippen LogP contribution >= 0.6 is 23.1 Å². The molecule has 0 bridgehead atoms. The molecule has 2 aromatic rings. The van der Waals surface area contributed by atoms with Crippen LogP contribution < -0.4 is 16.0 Å². The van der Waals surface area contributed by atoms with Crippen molar-refractivity contribution in [2.75, 3.05) is 22.5 Å². The van der Waals surface area contributed by atoms with E-state index in [-0.39, 0.29) is 24.0 Å². The zero-order valence-corrected chi connectivity index (χ0v) is 14.7. The zero-order valence-electron chi connectivity index (χ0n) is 13.0. The van der Waals surface area contributed by atoms with E-state index in [4.69, 9.17) is 5.73 Å². The van der Waals surface area contributed by atoms with Crippen molar-refractivity contribution in [3.8, 4) is 0 Å². The number of nitrogens with two attached hydrogens (primary N) is 1. The van der Waals surface area contributed by atoms with E-state index in [1.165, 1.54) is 0 Å². The summed E-state index contributed by atoms with van der Waals surface area (Å²) in [6, 6.07) is 9.25. The van der Waals surface area contributed by atoms with Gasteiger partial charge in [0.25, 0.3) is 0 Å². The lowest BCUT2D eigenvalue weighted by Gasteiger charge is -2.16. The van der Waals surface area contributed by atoms with Crippen molar-refractivity contribution in [2.24, 2.45) is 11.7 Å². The highest BCUT2D eigenvalue weighted by Crippen LogP contribution is 2.28. The van der Waals surface area contributed by atoms with E-state index in [9.17, 15) is 14.4 Å². The van der Waals surface area contributed by atoms with Gasteiger partial charge in [0.1, 0.15) is 0 Å². The Balaban J connectivity index is 1.59. The van der Waals surface area contributed by atoms with Crippen molar-refractivity contribution in [3.05, 3.63) is 30.3 Å². The summed E-state index contributed by atoms with van der Waals surface area (Å²) in [6.45, 7) is 0.330. The van der Waals surface area contributed by atoms with Crippen LogP contribution in [0.2, 0.25) is 0 Å². The third kappa shape index (κ3) is 4.34. The van der Waals surface area contributed by atoms with Crippen LogP contribution in [-0.2, 0) is 14.4 Å². The van der Waals surface area contributed by atoms with Gasteiger partial charge in [0, 0.05) is 18.7 Å². The molecular formula is C15H15N5O3S2. The number of amides is 3. The summed E-state index contributed by atoms with van der Waals surface area (Å²) >= 11 is 2.33. The summed E-state index contributed by atoms with van der Waals surface area (Å²) < 4.78 is 0.544. The summed E-state index contributed by atoms with van der Waals surface area (Å²) in [5, 5.41) is 10.8. The second-order valence-electron chi connectivity index (χ2n) is 5.36. The number of thioether (sulfide) groups is 1. The van der Waals surface area contributed by atoms with Crippen LogP contribution in [0, 0.1) is 5.92 Å². The van der Waals surface area contributed by atoms with Gasteiger partial charge in [-0.25, -0.2) is 0 Å². The molecule has 1 aromatic heterocycles. The number of carbonyl (C=O) groups excluding carboxylic acids is 3. The number of benzene rings is 1. The first-order valence-corrected chi connectivity index (χ1v) is 9.24. The molecule has 10 heteroatoms. The fourth-order valence-electron chi connectivity index (χ4n) is 2.40. The number of hydrogen-bond acceptors (Lipinski definition) is 7. The number of rotatable bonds is 6. The molecule has 0 radical (unpaired) electrons. The molecule has 25 heavy (non-hydrogen) atoms. The van der Waals surface area contributed by atoms with Gasteiger partial charge in [-0.15, -0.1) is 10.2 Å². The van der Waals surface area contributed by atoms with Gasteiger partial charge in [0.15, 0.2) is 4.34 Å². The van der Waals surface area contributed by atoms with Crippen LogP contribution in [0.5, 0.6) is 0 Å². The Labute approximate surface area is 151 Å². The number of carbonyl (C=O) groups is 3. The van der Waals surface area contributed by atoms with Crippen LogP contribution in [0.25, 0.3) is 0 Å². The number of hydrogen-bond donors (Lipinski definition) is 2. The second-order valence-corrected chi connectivity index (χ2v) is 7.56. The predicted octanol–water partition coefficient (Wildman–Crippen LogP) is 1.11. The van der Waals surface area contributed by atoms with Crippen LogP contribution in [-0.4, -0.2) is 40.2 Å². The normalized spacial score (nSPS) is 16.9. The molecule has 0 saturated carbocycles. The lowest BCUT2D eigenvalue weighted by atomic mass is 10.1. The second kappa shape index (κ2) is 7.62. The number of primary amides is 1. The molecule has 2 heterocycles. The smallest absolute Gasteiger partial charge is 0.231 e. The topological polar surface area (TPSA) is 118 Å². The molecule has 1 aromatic carbocycles. The third-order valence-electron chi connectivity index (χ3n) is 3.54. The number of anilines is 2. The summed E-state index contributed by atoms with van der Waals surface area (Å²) in [5.74, 6) is -1.14. The van der Waals surface area contributed by atoms with Gasteiger partial charge in [0.2, 0.25) is 22.9 Å². The van der Waals surface area contributed by atoms with E-state index in [2.05, 4.69) is 15.5 Å². The molecule has 0 unspecified atom stereocenters. The van der Waals surface area contributed by atoms with E-state index >= 15 is 0 Å². The number of nitrogens with one attached hydrogen (secondary N) is 1. The van der Waals surface area contributed by atoms with Crippen molar-refractivity contribution < 1.29 is 14.4 Å². The van der Waals surface area contributed by atoms with Crippen molar-refractivity contribution in [1.82, 2.24) is 10.2 Å². The standard InChI is InChI=1S/C15H15N5O3S2/c16-11(21)8-24-15-19-18-14(25-15)17-13(23)9-6-12(22)20(7-9)10-4-2-1-3-5-10/h1-5,9H,6-8H2,(H2,16,21)(H,17,18,23)/t9-/m1/s1. The summed E-state index contributed by atoms with van der Waals surface area (Å²) in [7, 11) is 0. The van der Waals surface area contributed by atoms with Gasteiger partial charge in [0.05, 0.1) is 11.7 Å². The lowest BCUT2D eigenvalue weighted by Crippen LogP contribution is -2.28. The molecule has 1 atom stereocenters. The summed E-state index contributed by atoms with van der Waals surface area (Å²) in [5.41, 5.74) is 5.86. The Morgan fingerprint density at radius 2 is 2.08 bits per heavy atom. The minimum atomic E-state index is -0.448. The number of nitrogens with zero attached hydrogens (tertiary/aromatic N) is 3. The quantitative estimate of drug-likeness (QED) is 0.575. The maximum atomic E-state index is 12.4. The predicted molar refractivity (Wildman–Crippen MR) is 95.4 cm³/mol. The summed E-state index contributed by atoms with van der Waals surface area (Å²) in [4.78, 5) is 36.9. The fourth-order valence-corrected chi connectivity index (χ4v) is 3.89. The third-order valence-corrected chi connectivity index (χ3v) is 5.53. The Morgan fingerprint density at radius 3 is 2.80 bits per heavy atom. The van der Waals surface area contributed by atoms with Crippen molar-refractivity contribution in [3.63, 3.8) is 0 Å². The number of aromatic nitrogens is 2. The molecule has 0 spiro atoms. The van der Waals surface area contributed by atoms with Gasteiger partial charge in [-0.1, -0.05) is 41.3 Å². The average molecular weight is 377 g/mol. The minimum absolute atomic E-state index is 0.0821. The highest BCUT2D eigenvalue weighted by atomic mass is 32.2. The highest BCUT2D eigenvalue weighted by Gasteiger charge is 2.35. The fraction of sp³-hybridized carbons (Fsp3) is 0.267. The van der Waals surface area contributed by atoms with Gasteiger partial charge in [-0.3, -0.25) is 14.4 Å². The maximum Gasteiger partial charge on any atom is 0.231 e. The zero-order chi connectivity index (χ0) is 17.8. The van der Waals surface area contributed by atoms with Gasteiger partial charge in [-0.05, 0) is 12.1 Å². The SMILES string of the molecule is NC(=O)CSc1nnc(NC(=O)[C@@H]2CC(=O)N(c3ccccc3)C2)s1. The first-order valence-electron chi connectivity index (χ1n) is 7.44. The summed E-state index contributed by atoms with van der Waals surface area (Å²) in [6.07, 6.45) is 0.156. The monoisotopic (exact) mass is 377 g/mol. The van der Waals surface area contributed by atoms with Crippen molar-refractivity contribution in [1.29, 1.82) is 0 Å². The largest absolute Gasteiger partial charge is 0.369 e. The Bertz CT molecular complexity index is 795. The van der Waals surface area contributed by atoms with Gasteiger partial charge >= 0.3 is 0 Å². The first-order chi connectivity index (χ1) is 12.0. The van der Waals surface area contributed by atoms with Crippen LogP contribution in [0.15, 0.2) is 34.7 Å². The molecule has 8 nitrogen and oxygen atoms in total. The van der Waals surface area contributed by atoms with Crippen molar-refractivity contribution in [2.45, 2.75) is 10.8 Å². The average Bonchev–Trinajstić information content (AvgIpc) is 3.20. The molecule has 3 amide bonds. The van der Waals surface area contributed by atoms with E-state index in [1.54, 1.807) is 4.90 Å². The van der Waals surface area contributed by atoms with Crippen LogP contribution in [0.1, 0.15) is 6.42 Å². The lowest BCUT2D eigenvalue weighted by molar-refractivity contribution is -0.122. The van der Waals surface area contributed by atoms with Crippen molar-refractivity contribution >= 4 is 51.6 Å². The van der Waals surface area contributed by atoms with E-state index in [0.717, 1.165) is 28.8 Å². The van der Waals surface area contributed by atoms with E-state index < -0.39 is 11.8 Å². The van der Waals surface area contributed by atoms with E-state index in [0.29, 0.717) is 16.0 Å². The highest BCUT2D eigenvalue weighted by molar-refractivity contribution is 8.01. The van der Waals surface area contributed by atoms with E-state index in [1.807, 2.05) is 30.3 Å². The van der Waals surface area contributed by atoms with Crippen LogP contribution in [0.3, 0.4) is 0 Å². The Kier molecular flexibility index (Phi) is 5.29. The Morgan fingerprint density at radius 1 is 1.32 bits per heavy atom.